The van der Waals surface area contributed by atoms with Crippen LogP contribution in [0.25, 0.3) is 10.9 Å². The highest BCUT2D eigenvalue weighted by Crippen LogP contribution is 2.26. The van der Waals surface area contributed by atoms with Crippen molar-refractivity contribution in [1.82, 2.24) is 10.2 Å². The fourth-order valence-corrected chi connectivity index (χ4v) is 2.40. The maximum Gasteiger partial charge on any atom is 0.358 e. The summed E-state index contributed by atoms with van der Waals surface area (Å²) in [6.07, 6.45) is 1.71. The zero-order valence-electron chi connectivity index (χ0n) is 10.9. The number of fused-ring (bicyclic) bond motifs is 1. The van der Waals surface area contributed by atoms with E-state index in [1.165, 1.54) is 0 Å². The highest BCUT2D eigenvalue weighted by atomic mass is 16.5. The molecule has 1 aromatic heterocycles. The average Bonchev–Trinajstić information content (AvgIpc) is 2.48. The molecule has 1 aliphatic heterocycles. The van der Waals surface area contributed by atoms with E-state index in [-0.39, 0.29) is 11.7 Å². The van der Waals surface area contributed by atoms with Gasteiger partial charge in [-0.25, -0.2) is 4.79 Å². The SMILES string of the molecule is O=C(O)c1nnc2ccccc2c1NC1CCOCC1. The van der Waals surface area contributed by atoms with Crippen molar-refractivity contribution in [3.8, 4) is 0 Å². The lowest BCUT2D eigenvalue weighted by Crippen LogP contribution is -2.29. The number of ether oxygens (including phenoxy) is 1. The van der Waals surface area contributed by atoms with Crippen molar-refractivity contribution in [2.45, 2.75) is 18.9 Å². The van der Waals surface area contributed by atoms with Gasteiger partial charge in [0, 0.05) is 24.6 Å². The van der Waals surface area contributed by atoms with E-state index in [2.05, 4.69) is 15.5 Å². The Hall–Kier alpha value is -2.21. The molecule has 0 saturated carbocycles. The van der Waals surface area contributed by atoms with Crippen LogP contribution in [-0.4, -0.2) is 40.5 Å². The number of carboxylic acids is 1. The van der Waals surface area contributed by atoms with Gasteiger partial charge in [0.15, 0.2) is 5.69 Å². The van der Waals surface area contributed by atoms with Crippen LogP contribution in [0.5, 0.6) is 0 Å². The van der Waals surface area contributed by atoms with Crippen molar-refractivity contribution in [3.05, 3.63) is 30.0 Å². The van der Waals surface area contributed by atoms with Gasteiger partial charge in [0.2, 0.25) is 0 Å². The highest BCUT2D eigenvalue weighted by molar-refractivity contribution is 6.02. The number of anilines is 1. The van der Waals surface area contributed by atoms with Crippen molar-refractivity contribution in [2.75, 3.05) is 18.5 Å². The quantitative estimate of drug-likeness (QED) is 0.888. The van der Waals surface area contributed by atoms with Gasteiger partial charge < -0.3 is 15.2 Å². The van der Waals surface area contributed by atoms with Gasteiger partial charge in [0.1, 0.15) is 0 Å². The first-order valence-electron chi connectivity index (χ1n) is 6.58. The van der Waals surface area contributed by atoms with Crippen molar-refractivity contribution >= 4 is 22.6 Å². The van der Waals surface area contributed by atoms with E-state index in [4.69, 9.17) is 4.74 Å². The van der Waals surface area contributed by atoms with Crippen LogP contribution >= 0.6 is 0 Å². The molecule has 0 spiro atoms. The number of nitrogens with one attached hydrogen (secondary N) is 1. The maximum absolute atomic E-state index is 11.3. The number of aromatic nitrogens is 2. The molecule has 0 radical (unpaired) electrons. The zero-order chi connectivity index (χ0) is 13.9. The Morgan fingerprint density at radius 1 is 1.25 bits per heavy atom. The molecule has 20 heavy (non-hydrogen) atoms. The van der Waals surface area contributed by atoms with Crippen LogP contribution in [0.3, 0.4) is 0 Å². The second-order valence-corrected chi connectivity index (χ2v) is 4.78. The lowest BCUT2D eigenvalue weighted by Gasteiger charge is -2.25. The minimum absolute atomic E-state index is 0.0322. The third kappa shape index (κ3) is 2.42. The van der Waals surface area contributed by atoms with Crippen LogP contribution < -0.4 is 5.32 Å². The first kappa shape index (κ1) is 12.8. The molecule has 6 nitrogen and oxygen atoms in total. The van der Waals surface area contributed by atoms with E-state index in [0.717, 1.165) is 18.2 Å². The molecule has 0 unspecified atom stereocenters. The summed E-state index contributed by atoms with van der Waals surface area (Å²) in [5, 5.41) is 21.2. The van der Waals surface area contributed by atoms with E-state index in [0.29, 0.717) is 24.4 Å². The molecule has 0 bridgehead atoms. The van der Waals surface area contributed by atoms with Crippen LogP contribution in [0.4, 0.5) is 5.69 Å². The second-order valence-electron chi connectivity index (χ2n) is 4.78. The van der Waals surface area contributed by atoms with Crippen LogP contribution in [0.15, 0.2) is 24.3 Å². The molecular weight excluding hydrogens is 258 g/mol. The van der Waals surface area contributed by atoms with Gasteiger partial charge in [-0.05, 0) is 18.9 Å². The fraction of sp³-hybridized carbons (Fsp3) is 0.357. The summed E-state index contributed by atoms with van der Waals surface area (Å²) >= 11 is 0. The Morgan fingerprint density at radius 2 is 2.00 bits per heavy atom. The van der Waals surface area contributed by atoms with Crippen molar-refractivity contribution in [2.24, 2.45) is 0 Å². The van der Waals surface area contributed by atoms with Gasteiger partial charge in [0.05, 0.1) is 11.2 Å². The lowest BCUT2D eigenvalue weighted by molar-refractivity contribution is 0.0690. The molecule has 1 aromatic carbocycles. The first-order chi connectivity index (χ1) is 9.75. The number of carbonyl (C=O) groups is 1. The number of nitrogens with zero attached hydrogens (tertiary/aromatic N) is 2. The summed E-state index contributed by atoms with van der Waals surface area (Å²) in [7, 11) is 0. The highest BCUT2D eigenvalue weighted by Gasteiger charge is 2.21. The minimum Gasteiger partial charge on any atom is -0.476 e. The predicted octanol–water partition coefficient (Wildman–Crippen LogP) is 1.92. The summed E-state index contributed by atoms with van der Waals surface area (Å²) in [6.45, 7) is 1.38. The van der Waals surface area contributed by atoms with Crippen molar-refractivity contribution < 1.29 is 14.6 Å². The number of benzene rings is 1. The summed E-state index contributed by atoms with van der Waals surface area (Å²) in [5.74, 6) is -1.07. The smallest absolute Gasteiger partial charge is 0.358 e. The first-order valence-corrected chi connectivity index (χ1v) is 6.58. The number of carboxylic acid groups (broad SMARTS) is 1. The molecule has 1 fully saturated rings. The molecule has 2 aromatic rings. The van der Waals surface area contributed by atoms with Crippen LogP contribution in [0, 0.1) is 0 Å². The van der Waals surface area contributed by atoms with Crippen LogP contribution in [0.1, 0.15) is 23.3 Å². The molecule has 104 valence electrons. The van der Waals surface area contributed by atoms with Gasteiger partial charge in [-0.2, -0.15) is 0 Å². The zero-order valence-corrected chi connectivity index (χ0v) is 10.9. The fourth-order valence-electron chi connectivity index (χ4n) is 2.40. The van der Waals surface area contributed by atoms with Crippen LogP contribution in [-0.2, 0) is 4.74 Å². The monoisotopic (exact) mass is 273 g/mol. The Bertz CT molecular complexity index is 639. The van der Waals surface area contributed by atoms with Gasteiger partial charge in [-0.1, -0.05) is 18.2 Å². The summed E-state index contributed by atoms with van der Waals surface area (Å²) < 4.78 is 5.32. The van der Waals surface area contributed by atoms with E-state index in [1.54, 1.807) is 0 Å². The third-order valence-corrected chi connectivity index (χ3v) is 3.44. The van der Waals surface area contributed by atoms with E-state index in [1.807, 2.05) is 24.3 Å². The largest absolute Gasteiger partial charge is 0.476 e. The van der Waals surface area contributed by atoms with E-state index in [9.17, 15) is 9.90 Å². The third-order valence-electron chi connectivity index (χ3n) is 3.44. The van der Waals surface area contributed by atoms with Gasteiger partial charge in [-0.15, -0.1) is 10.2 Å². The summed E-state index contributed by atoms with van der Waals surface area (Å²) in [5.41, 5.74) is 1.21. The molecule has 1 aliphatic rings. The molecule has 6 heteroatoms. The Morgan fingerprint density at radius 3 is 2.75 bits per heavy atom. The summed E-state index contributed by atoms with van der Waals surface area (Å²) in [4.78, 5) is 11.3. The molecule has 0 aliphatic carbocycles. The summed E-state index contributed by atoms with van der Waals surface area (Å²) in [6, 6.07) is 7.61. The predicted molar refractivity (Wildman–Crippen MR) is 74.0 cm³/mol. The number of hydrogen-bond donors (Lipinski definition) is 2. The number of hydrogen-bond acceptors (Lipinski definition) is 5. The van der Waals surface area contributed by atoms with E-state index >= 15 is 0 Å². The molecule has 3 rings (SSSR count). The van der Waals surface area contributed by atoms with Crippen LogP contribution in [0.2, 0.25) is 0 Å². The molecular formula is C14H15N3O3. The number of aromatic carboxylic acids is 1. The molecule has 0 amide bonds. The lowest BCUT2D eigenvalue weighted by atomic mass is 10.1. The minimum atomic E-state index is -1.07. The topological polar surface area (TPSA) is 84.3 Å². The number of rotatable bonds is 3. The second kappa shape index (κ2) is 5.42. The Kier molecular flexibility index (Phi) is 3.47. The maximum atomic E-state index is 11.3. The Labute approximate surface area is 115 Å². The average molecular weight is 273 g/mol. The standard InChI is InChI=1S/C14H15N3O3/c18-14(19)13-12(15-9-5-7-20-8-6-9)10-3-1-2-4-11(10)16-17-13/h1-4,9H,5-8H2,(H,15,16)(H,18,19). The van der Waals surface area contributed by atoms with Crippen molar-refractivity contribution in [3.63, 3.8) is 0 Å². The molecule has 2 N–H and O–H groups in total. The Balaban J connectivity index is 2.04. The molecule has 2 heterocycles. The van der Waals surface area contributed by atoms with E-state index < -0.39 is 5.97 Å². The van der Waals surface area contributed by atoms with Gasteiger partial charge >= 0.3 is 5.97 Å². The van der Waals surface area contributed by atoms with Gasteiger partial charge in [0.25, 0.3) is 0 Å². The van der Waals surface area contributed by atoms with Crippen molar-refractivity contribution in [1.29, 1.82) is 0 Å². The molecule has 1 saturated heterocycles. The normalized spacial score (nSPS) is 16.2. The van der Waals surface area contributed by atoms with Gasteiger partial charge in [-0.3, -0.25) is 0 Å². The molecule has 0 atom stereocenters.